The van der Waals surface area contributed by atoms with Gasteiger partial charge in [0.2, 0.25) is 0 Å². The summed E-state index contributed by atoms with van der Waals surface area (Å²) in [6.45, 7) is 1.90. The van der Waals surface area contributed by atoms with Gasteiger partial charge >= 0.3 is 5.91 Å². The van der Waals surface area contributed by atoms with Crippen molar-refractivity contribution in [1.29, 1.82) is 0 Å². The standard InChI is InChI=1S/C26H18N2O4/c1-15-10-12-16(13-11-15)24(30)22-23(18-14-27-19-7-3-2-6-17(18)19)28(26(32)25(22)31)20-8-4-5-9-21(20)29/h2-14,27,29H,1H3. The molecule has 3 aromatic carbocycles. The summed E-state index contributed by atoms with van der Waals surface area (Å²) in [6.07, 6.45) is 1.67. The first-order chi connectivity index (χ1) is 15.5. The topological polar surface area (TPSA) is 90.5 Å². The Morgan fingerprint density at radius 3 is 2.34 bits per heavy atom. The quantitative estimate of drug-likeness (QED) is 0.290. The number of carbonyl (C=O) groups excluding carboxylic acids is 3. The number of hydrogen-bond acceptors (Lipinski definition) is 4. The summed E-state index contributed by atoms with van der Waals surface area (Å²) in [6, 6.07) is 20.5. The molecule has 0 spiro atoms. The Kier molecular flexibility index (Phi) is 4.48. The van der Waals surface area contributed by atoms with Gasteiger partial charge in [-0.05, 0) is 25.1 Å². The SMILES string of the molecule is Cc1ccc(C(=O)C2=C(c3c[nH]c4ccccc34)N(c3ccccc3O)C(=O)C2=O)cc1. The van der Waals surface area contributed by atoms with Crippen molar-refractivity contribution in [2.45, 2.75) is 6.92 Å². The number of rotatable bonds is 4. The van der Waals surface area contributed by atoms with Gasteiger partial charge in [0.15, 0.2) is 5.78 Å². The lowest BCUT2D eigenvalue weighted by molar-refractivity contribution is -0.132. The first-order valence-electron chi connectivity index (χ1n) is 10.1. The summed E-state index contributed by atoms with van der Waals surface area (Å²) in [5.41, 5.74) is 2.68. The van der Waals surface area contributed by atoms with Crippen LogP contribution < -0.4 is 4.90 Å². The van der Waals surface area contributed by atoms with Crippen LogP contribution in [0.2, 0.25) is 0 Å². The van der Waals surface area contributed by atoms with Gasteiger partial charge in [-0.15, -0.1) is 0 Å². The number of phenols is 1. The van der Waals surface area contributed by atoms with E-state index >= 15 is 0 Å². The highest BCUT2D eigenvalue weighted by Gasteiger charge is 2.44. The first-order valence-corrected chi connectivity index (χ1v) is 10.1. The molecule has 1 amide bonds. The Hall–Kier alpha value is -4.45. The molecule has 0 bridgehead atoms. The number of Topliss-reactive ketones (excluding diaryl/α,β-unsaturated/α-hetero) is 2. The van der Waals surface area contributed by atoms with Crippen LogP contribution >= 0.6 is 0 Å². The molecule has 6 heteroatoms. The second-order valence-electron chi connectivity index (χ2n) is 7.63. The predicted molar refractivity (Wildman–Crippen MR) is 121 cm³/mol. The van der Waals surface area contributed by atoms with E-state index in [1.165, 1.54) is 12.1 Å². The van der Waals surface area contributed by atoms with Crippen molar-refractivity contribution >= 4 is 39.8 Å². The van der Waals surface area contributed by atoms with Crippen LogP contribution in [-0.2, 0) is 9.59 Å². The number of amides is 1. The second kappa shape index (κ2) is 7.35. The number of phenolic OH excluding ortho intramolecular Hbond substituents is 1. The molecule has 2 N–H and O–H groups in total. The van der Waals surface area contributed by atoms with Gasteiger partial charge in [-0.25, -0.2) is 0 Å². The molecular weight excluding hydrogens is 404 g/mol. The number of aromatic hydroxyl groups is 1. The summed E-state index contributed by atoms with van der Waals surface area (Å²) in [4.78, 5) is 44.1. The molecule has 0 saturated carbocycles. The molecular formula is C26H18N2O4. The van der Waals surface area contributed by atoms with Crippen LogP contribution in [0.25, 0.3) is 16.6 Å². The number of H-pyrrole nitrogens is 1. The van der Waals surface area contributed by atoms with E-state index in [9.17, 15) is 19.5 Å². The first kappa shape index (κ1) is 19.5. The Balaban J connectivity index is 1.81. The number of fused-ring (bicyclic) bond motifs is 1. The van der Waals surface area contributed by atoms with E-state index in [0.29, 0.717) is 11.1 Å². The normalized spacial score (nSPS) is 14.0. The zero-order valence-electron chi connectivity index (χ0n) is 17.1. The zero-order chi connectivity index (χ0) is 22.4. The van der Waals surface area contributed by atoms with E-state index in [-0.39, 0.29) is 22.7 Å². The van der Waals surface area contributed by atoms with Gasteiger partial charge in [0, 0.05) is 28.2 Å². The van der Waals surface area contributed by atoms with Crippen molar-refractivity contribution in [2.24, 2.45) is 0 Å². The number of hydrogen-bond donors (Lipinski definition) is 2. The number of nitrogens with one attached hydrogen (secondary N) is 1. The maximum Gasteiger partial charge on any atom is 0.304 e. The summed E-state index contributed by atoms with van der Waals surface area (Å²) in [5.74, 6) is -2.50. The van der Waals surface area contributed by atoms with Crippen molar-refractivity contribution in [1.82, 2.24) is 4.98 Å². The molecule has 0 aliphatic carbocycles. The molecule has 0 saturated heterocycles. The van der Waals surface area contributed by atoms with Gasteiger partial charge in [0.25, 0.3) is 5.78 Å². The lowest BCUT2D eigenvalue weighted by Crippen LogP contribution is -2.28. The van der Waals surface area contributed by atoms with Crippen molar-refractivity contribution in [3.05, 3.63) is 101 Å². The van der Waals surface area contributed by atoms with Crippen LogP contribution in [-0.4, -0.2) is 27.6 Å². The summed E-state index contributed by atoms with van der Waals surface area (Å²) >= 11 is 0. The van der Waals surface area contributed by atoms with E-state index in [1.54, 1.807) is 42.6 Å². The van der Waals surface area contributed by atoms with Gasteiger partial charge in [-0.1, -0.05) is 60.2 Å². The Morgan fingerprint density at radius 1 is 0.906 bits per heavy atom. The highest BCUT2D eigenvalue weighted by molar-refractivity contribution is 6.61. The summed E-state index contributed by atoms with van der Waals surface area (Å²) < 4.78 is 0. The number of benzene rings is 3. The molecule has 6 nitrogen and oxygen atoms in total. The Morgan fingerprint density at radius 2 is 1.59 bits per heavy atom. The maximum atomic E-state index is 13.5. The Labute approximate surface area is 183 Å². The molecule has 5 rings (SSSR count). The van der Waals surface area contributed by atoms with E-state index in [1.807, 2.05) is 31.2 Å². The molecule has 0 radical (unpaired) electrons. The van der Waals surface area contributed by atoms with E-state index < -0.39 is 17.5 Å². The maximum absolute atomic E-state index is 13.5. The van der Waals surface area contributed by atoms with Crippen LogP contribution in [0.5, 0.6) is 5.75 Å². The highest BCUT2D eigenvalue weighted by Crippen LogP contribution is 2.41. The van der Waals surface area contributed by atoms with Crippen molar-refractivity contribution in [3.63, 3.8) is 0 Å². The number of aromatic nitrogens is 1. The highest BCUT2D eigenvalue weighted by atomic mass is 16.3. The van der Waals surface area contributed by atoms with Crippen LogP contribution in [0.15, 0.2) is 84.6 Å². The number of anilines is 1. The van der Waals surface area contributed by atoms with Crippen LogP contribution in [0, 0.1) is 6.92 Å². The third-order valence-corrected chi connectivity index (χ3v) is 5.59. The van der Waals surface area contributed by atoms with Gasteiger partial charge in [-0.2, -0.15) is 0 Å². The molecule has 0 unspecified atom stereocenters. The Bertz CT molecular complexity index is 1440. The predicted octanol–water partition coefficient (Wildman–Crippen LogP) is 4.39. The van der Waals surface area contributed by atoms with Gasteiger partial charge in [0.1, 0.15) is 11.3 Å². The number of aryl methyl sites for hydroxylation is 1. The van der Waals surface area contributed by atoms with Crippen LogP contribution in [0.4, 0.5) is 5.69 Å². The average molecular weight is 422 g/mol. The fourth-order valence-corrected chi connectivity index (χ4v) is 3.99. The summed E-state index contributed by atoms with van der Waals surface area (Å²) in [5, 5.41) is 11.2. The zero-order valence-corrected chi connectivity index (χ0v) is 17.1. The van der Waals surface area contributed by atoms with E-state index in [2.05, 4.69) is 4.98 Å². The lowest BCUT2D eigenvalue weighted by Gasteiger charge is -2.21. The molecule has 0 atom stereocenters. The van der Waals surface area contributed by atoms with Gasteiger partial charge in [-0.3, -0.25) is 19.3 Å². The van der Waals surface area contributed by atoms with E-state index in [0.717, 1.165) is 21.4 Å². The number of aromatic amines is 1. The van der Waals surface area contributed by atoms with Crippen LogP contribution in [0.1, 0.15) is 21.5 Å². The van der Waals surface area contributed by atoms with Crippen molar-refractivity contribution < 1.29 is 19.5 Å². The minimum Gasteiger partial charge on any atom is -0.506 e. The average Bonchev–Trinajstić information content (AvgIpc) is 3.33. The number of ketones is 2. The fourth-order valence-electron chi connectivity index (χ4n) is 3.99. The van der Waals surface area contributed by atoms with Crippen LogP contribution in [0.3, 0.4) is 0 Å². The van der Waals surface area contributed by atoms with Gasteiger partial charge < -0.3 is 10.1 Å². The molecule has 1 aliphatic rings. The smallest absolute Gasteiger partial charge is 0.304 e. The molecule has 2 heterocycles. The number of nitrogens with zero attached hydrogens (tertiary/aromatic N) is 1. The molecule has 0 fully saturated rings. The summed E-state index contributed by atoms with van der Waals surface area (Å²) in [7, 11) is 0. The molecule has 1 aromatic heterocycles. The minimum atomic E-state index is -0.904. The number of carbonyl (C=O) groups is 3. The minimum absolute atomic E-state index is 0.137. The van der Waals surface area contributed by atoms with Gasteiger partial charge in [0.05, 0.1) is 11.4 Å². The molecule has 32 heavy (non-hydrogen) atoms. The molecule has 4 aromatic rings. The third-order valence-electron chi connectivity index (χ3n) is 5.59. The molecule has 156 valence electrons. The van der Waals surface area contributed by atoms with Crippen molar-refractivity contribution in [2.75, 3.05) is 4.90 Å². The monoisotopic (exact) mass is 422 g/mol. The third kappa shape index (κ3) is 2.93. The molecule has 1 aliphatic heterocycles. The largest absolute Gasteiger partial charge is 0.506 e. The lowest BCUT2D eigenvalue weighted by atomic mass is 9.96. The second-order valence-corrected chi connectivity index (χ2v) is 7.63. The van der Waals surface area contributed by atoms with Crippen molar-refractivity contribution in [3.8, 4) is 5.75 Å². The number of para-hydroxylation sites is 3. The fraction of sp³-hybridized carbons (Fsp3) is 0.0385. The van der Waals surface area contributed by atoms with E-state index in [4.69, 9.17) is 0 Å².